The standard InChI is InChI=1S/C6H7ClN2O2S2/c7-13(10,11)5-1-4-2-8-3-9-6(4)12-5/h1,8-9H,2-3H2. The Morgan fingerprint density at radius 2 is 2.31 bits per heavy atom. The van der Waals surface area contributed by atoms with Crippen LogP contribution < -0.4 is 10.6 Å². The average Bonchev–Trinajstić information content (AvgIpc) is 2.45. The van der Waals surface area contributed by atoms with Crippen molar-refractivity contribution in [3.8, 4) is 0 Å². The van der Waals surface area contributed by atoms with Gasteiger partial charge in [0.2, 0.25) is 0 Å². The van der Waals surface area contributed by atoms with E-state index in [-0.39, 0.29) is 4.21 Å². The number of hydrogen-bond acceptors (Lipinski definition) is 5. The van der Waals surface area contributed by atoms with E-state index in [0.717, 1.165) is 10.6 Å². The molecule has 0 unspecified atom stereocenters. The number of anilines is 1. The molecule has 0 amide bonds. The monoisotopic (exact) mass is 238 g/mol. The fraction of sp³-hybridized carbons (Fsp3) is 0.333. The lowest BCUT2D eigenvalue weighted by Crippen LogP contribution is -2.26. The third-order valence-corrected chi connectivity index (χ3v) is 4.93. The van der Waals surface area contributed by atoms with Crippen LogP contribution in [-0.2, 0) is 15.6 Å². The summed E-state index contributed by atoms with van der Waals surface area (Å²) in [7, 11) is 1.64. The number of nitrogens with one attached hydrogen (secondary N) is 2. The Hall–Kier alpha value is -0.300. The van der Waals surface area contributed by atoms with Gasteiger partial charge >= 0.3 is 0 Å². The topological polar surface area (TPSA) is 58.2 Å². The summed E-state index contributed by atoms with van der Waals surface area (Å²) < 4.78 is 22.2. The highest BCUT2D eigenvalue weighted by atomic mass is 35.7. The molecule has 2 rings (SSSR count). The molecule has 0 saturated carbocycles. The van der Waals surface area contributed by atoms with E-state index in [0.29, 0.717) is 13.2 Å². The Kier molecular flexibility index (Phi) is 2.23. The van der Waals surface area contributed by atoms with Gasteiger partial charge < -0.3 is 5.32 Å². The van der Waals surface area contributed by atoms with Crippen LogP contribution in [0, 0.1) is 0 Å². The highest BCUT2D eigenvalue weighted by molar-refractivity contribution is 8.15. The normalized spacial score (nSPS) is 16.4. The zero-order chi connectivity index (χ0) is 9.47. The summed E-state index contributed by atoms with van der Waals surface area (Å²) in [5, 5.41) is 6.99. The smallest absolute Gasteiger partial charge is 0.270 e. The van der Waals surface area contributed by atoms with E-state index >= 15 is 0 Å². The SMILES string of the molecule is O=S(=O)(Cl)c1cc2c(s1)NCNC2. The third-order valence-electron chi connectivity index (χ3n) is 1.72. The van der Waals surface area contributed by atoms with Crippen molar-refractivity contribution >= 4 is 36.1 Å². The van der Waals surface area contributed by atoms with Crippen LogP contribution in [0.3, 0.4) is 0 Å². The molecular formula is C6H7ClN2O2S2. The van der Waals surface area contributed by atoms with Gasteiger partial charge in [-0.2, -0.15) is 0 Å². The minimum absolute atomic E-state index is 0.204. The quantitative estimate of drug-likeness (QED) is 0.721. The van der Waals surface area contributed by atoms with Crippen molar-refractivity contribution in [2.75, 3.05) is 12.0 Å². The second-order valence-corrected chi connectivity index (χ2v) is 6.48. The average molecular weight is 239 g/mol. The minimum Gasteiger partial charge on any atom is -0.364 e. The van der Waals surface area contributed by atoms with E-state index in [1.165, 1.54) is 11.3 Å². The Bertz CT molecular complexity index is 402. The molecule has 1 aliphatic rings. The largest absolute Gasteiger partial charge is 0.364 e. The Morgan fingerprint density at radius 3 is 2.92 bits per heavy atom. The fourth-order valence-electron chi connectivity index (χ4n) is 1.14. The zero-order valence-corrected chi connectivity index (χ0v) is 8.89. The zero-order valence-electron chi connectivity index (χ0n) is 6.50. The second-order valence-electron chi connectivity index (χ2n) is 2.64. The van der Waals surface area contributed by atoms with E-state index in [2.05, 4.69) is 10.6 Å². The van der Waals surface area contributed by atoms with Crippen molar-refractivity contribution < 1.29 is 8.42 Å². The highest BCUT2D eigenvalue weighted by Crippen LogP contribution is 2.33. The number of halogens is 1. The molecule has 0 aromatic carbocycles. The first kappa shape index (κ1) is 9.26. The molecule has 2 N–H and O–H groups in total. The van der Waals surface area contributed by atoms with Gasteiger partial charge in [-0.15, -0.1) is 11.3 Å². The van der Waals surface area contributed by atoms with Gasteiger partial charge in [0.1, 0.15) is 4.21 Å². The lowest BCUT2D eigenvalue weighted by Gasteiger charge is -2.13. The molecule has 2 heterocycles. The van der Waals surface area contributed by atoms with Gasteiger partial charge in [0, 0.05) is 22.8 Å². The molecular weight excluding hydrogens is 232 g/mol. The molecule has 0 bridgehead atoms. The minimum atomic E-state index is -3.57. The summed E-state index contributed by atoms with van der Waals surface area (Å²) in [5.41, 5.74) is 0.954. The van der Waals surface area contributed by atoms with E-state index in [9.17, 15) is 8.42 Å². The summed E-state index contributed by atoms with van der Waals surface area (Å²) >= 11 is 1.17. The molecule has 0 saturated heterocycles. The van der Waals surface area contributed by atoms with Crippen LogP contribution in [-0.4, -0.2) is 15.1 Å². The van der Waals surface area contributed by atoms with Crippen LogP contribution >= 0.6 is 22.0 Å². The van der Waals surface area contributed by atoms with Gasteiger partial charge in [-0.25, -0.2) is 8.42 Å². The first-order chi connectivity index (χ1) is 6.07. The van der Waals surface area contributed by atoms with Crippen LogP contribution in [0.15, 0.2) is 10.3 Å². The molecule has 0 atom stereocenters. The molecule has 72 valence electrons. The van der Waals surface area contributed by atoms with E-state index < -0.39 is 9.05 Å². The maximum Gasteiger partial charge on any atom is 0.270 e. The molecule has 0 radical (unpaired) electrons. The van der Waals surface area contributed by atoms with E-state index in [4.69, 9.17) is 10.7 Å². The van der Waals surface area contributed by atoms with E-state index in [1.807, 2.05) is 0 Å². The number of hydrogen-bond donors (Lipinski definition) is 2. The summed E-state index contributed by atoms with van der Waals surface area (Å²) in [6, 6.07) is 1.60. The summed E-state index contributed by atoms with van der Waals surface area (Å²) in [6.07, 6.45) is 0. The number of rotatable bonds is 1. The first-order valence-electron chi connectivity index (χ1n) is 3.59. The highest BCUT2D eigenvalue weighted by Gasteiger charge is 2.19. The van der Waals surface area contributed by atoms with Crippen molar-refractivity contribution in [1.29, 1.82) is 0 Å². The predicted molar refractivity (Wildman–Crippen MR) is 52.7 cm³/mol. The second kappa shape index (κ2) is 3.13. The third kappa shape index (κ3) is 1.80. The van der Waals surface area contributed by atoms with Crippen molar-refractivity contribution in [2.24, 2.45) is 0 Å². The number of thiophene rings is 1. The van der Waals surface area contributed by atoms with Gasteiger partial charge in [-0.05, 0) is 6.07 Å². The van der Waals surface area contributed by atoms with Gasteiger partial charge in [-0.1, -0.05) is 0 Å². The van der Waals surface area contributed by atoms with Gasteiger partial charge in [0.05, 0.1) is 11.7 Å². The molecule has 0 fully saturated rings. The van der Waals surface area contributed by atoms with Crippen molar-refractivity contribution in [3.05, 3.63) is 11.6 Å². The maximum absolute atomic E-state index is 11.0. The first-order valence-corrected chi connectivity index (χ1v) is 6.72. The Morgan fingerprint density at radius 1 is 1.54 bits per heavy atom. The van der Waals surface area contributed by atoms with Crippen molar-refractivity contribution in [1.82, 2.24) is 5.32 Å². The predicted octanol–water partition coefficient (Wildman–Crippen LogP) is 1.15. The molecule has 1 aromatic rings. The fourth-order valence-corrected chi connectivity index (χ4v) is 3.30. The van der Waals surface area contributed by atoms with Crippen LogP contribution in [0.5, 0.6) is 0 Å². The van der Waals surface area contributed by atoms with Crippen LogP contribution in [0.2, 0.25) is 0 Å². The maximum atomic E-state index is 11.0. The molecule has 4 nitrogen and oxygen atoms in total. The molecule has 0 spiro atoms. The molecule has 1 aromatic heterocycles. The molecule has 7 heteroatoms. The Labute approximate surface area is 84.3 Å². The molecule has 1 aliphatic heterocycles. The van der Waals surface area contributed by atoms with Crippen LogP contribution in [0.1, 0.15) is 5.56 Å². The van der Waals surface area contributed by atoms with Crippen LogP contribution in [0.25, 0.3) is 0 Å². The van der Waals surface area contributed by atoms with Gasteiger partial charge in [0.15, 0.2) is 0 Å². The van der Waals surface area contributed by atoms with Gasteiger partial charge in [-0.3, -0.25) is 5.32 Å². The summed E-state index contributed by atoms with van der Waals surface area (Å²) in [6.45, 7) is 1.35. The summed E-state index contributed by atoms with van der Waals surface area (Å²) in [5.74, 6) is 0. The number of fused-ring (bicyclic) bond motifs is 1. The van der Waals surface area contributed by atoms with E-state index in [1.54, 1.807) is 6.07 Å². The van der Waals surface area contributed by atoms with Crippen LogP contribution in [0.4, 0.5) is 5.00 Å². The van der Waals surface area contributed by atoms with Crippen molar-refractivity contribution in [3.63, 3.8) is 0 Å². The lowest BCUT2D eigenvalue weighted by atomic mass is 10.3. The Balaban J connectivity index is 2.47. The molecule has 0 aliphatic carbocycles. The van der Waals surface area contributed by atoms with Crippen molar-refractivity contribution in [2.45, 2.75) is 10.8 Å². The molecule has 13 heavy (non-hydrogen) atoms. The lowest BCUT2D eigenvalue weighted by molar-refractivity contribution is 0.611. The summed E-state index contributed by atoms with van der Waals surface area (Å²) in [4.78, 5) is 0. The van der Waals surface area contributed by atoms with Gasteiger partial charge in [0.25, 0.3) is 9.05 Å².